The molecule has 1 unspecified atom stereocenters. The Bertz CT molecular complexity index is 864. The van der Waals surface area contributed by atoms with Gasteiger partial charge in [-0.15, -0.1) is 0 Å². The normalized spacial score (nSPS) is 20.2. The van der Waals surface area contributed by atoms with E-state index in [0.29, 0.717) is 41.4 Å². The molecule has 0 saturated carbocycles. The molecule has 2 heterocycles. The van der Waals surface area contributed by atoms with E-state index < -0.39 is 12.0 Å². The maximum Gasteiger partial charge on any atom is 0.338 e. The molecule has 0 spiro atoms. The van der Waals surface area contributed by atoms with Crippen molar-refractivity contribution in [3.63, 3.8) is 0 Å². The molecule has 1 atom stereocenters. The van der Waals surface area contributed by atoms with Crippen molar-refractivity contribution < 1.29 is 23.8 Å². The molecule has 0 radical (unpaired) electrons. The first-order chi connectivity index (χ1) is 15.4. The number of benzene rings is 1. The van der Waals surface area contributed by atoms with E-state index in [2.05, 4.69) is 22.2 Å². The highest BCUT2D eigenvalue weighted by atomic mass is 16.5. The van der Waals surface area contributed by atoms with Gasteiger partial charge in [0.2, 0.25) is 0 Å². The van der Waals surface area contributed by atoms with Gasteiger partial charge in [-0.3, -0.25) is 9.80 Å². The molecular weight excluding hydrogens is 412 g/mol. The molecule has 2 aliphatic heterocycles. The Morgan fingerprint density at radius 2 is 1.84 bits per heavy atom. The number of likely N-dealkylation sites (N-methyl/N-ethyl adjacent to an activating group) is 2. The second-order valence-electron chi connectivity index (χ2n) is 7.87. The van der Waals surface area contributed by atoms with Gasteiger partial charge in [-0.25, -0.2) is 9.59 Å². The molecule has 9 heteroatoms. The fourth-order valence-corrected chi connectivity index (χ4v) is 4.25. The molecule has 1 saturated heterocycles. The first kappa shape index (κ1) is 23.9. The molecule has 2 amide bonds. The highest BCUT2D eigenvalue weighted by Crippen LogP contribution is 2.40. The molecule has 0 aliphatic carbocycles. The van der Waals surface area contributed by atoms with Gasteiger partial charge in [0, 0.05) is 50.5 Å². The van der Waals surface area contributed by atoms with Crippen LogP contribution in [-0.4, -0.2) is 93.8 Å². The molecule has 9 nitrogen and oxygen atoms in total. The van der Waals surface area contributed by atoms with Crippen molar-refractivity contribution in [3.8, 4) is 11.5 Å². The number of nitrogens with one attached hydrogen (secondary N) is 1. The maximum atomic E-state index is 13.3. The van der Waals surface area contributed by atoms with Crippen molar-refractivity contribution in [1.29, 1.82) is 0 Å². The molecule has 1 N–H and O–H groups in total. The van der Waals surface area contributed by atoms with E-state index in [1.807, 2.05) is 19.1 Å². The Balaban J connectivity index is 2.13. The number of amides is 2. The van der Waals surface area contributed by atoms with Gasteiger partial charge in [-0.05, 0) is 27.0 Å². The number of rotatable bonds is 8. The number of para-hydroxylation sites is 1. The van der Waals surface area contributed by atoms with Crippen LogP contribution >= 0.6 is 0 Å². The van der Waals surface area contributed by atoms with Crippen LogP contribution in [0.25, 0.3) is 0 Å². The summed E-state index contributed by atoms with van der Waals surface area (Å²) in [5.74, 6) is 0.567. The first-order valence-electron chi connectivity index (χ1n) is 11.0. The molecule has 1 aromatic rings. The predicted octanol–water partition coefficient (Wildman–Crippen LogP) is 1.85. The van der Waals surface area contributed by atoms with E-state index in [-0.39, 0.29) is 12.6 Å². The Morgan fingerprint density at radius 1 is 1.12 bits per heavy atom. The summed E-state index contributed by atoms with van der Waals surface area (Å²) in [6, 6.07) is 4.47. The number of ether oxygens (including phenoxy) is 3. The van der Waals surface area contributed by atoms with Gasteiger partial charge in [0.15, 0.2) is 11.5 Å². The molecular formula is C23H34N4O5. The SMILES string of the molecule is CCOC(=O)C1=C(CN2CCN(C)CC2)N(CC)C(=O)NC1c1cccc(OC)c1OC. The smallest absolute Gasteiger partial charge is 0.338 e. The Kier molecular flexibility index (Phi) is 7.98. The van der Waals surface area contributed by atoms with E-state index >= 15 is 0 Å². The zero-order chi connectivity index (χ0) is 23.3. The number of urea groups is 1. The van der Waals surface area contributed by atoms with Gasteiger partial charge in [-0.1, -0.05) is 12.1 Å². The second-order valence-corrected chi connectivity index (χ2v) is 7.87. The van der Waals surface area contributed by atoms with Crippen LogP contribution in [0.1, 0.15) is 25.5 Å². The predicted molar refractivity (Wildman–Crippen MR) is 121 cm³/mol. The van der Waals surface area contributed by atoms with E-state index in [1.165, 1.54) is 0 Å². The van der Waals surface area contributed by atoms with Crippen molar-refractivity contribution >= 4 is 12.0 Å². The van der Waals surface area contributed by atoms with E-state index in [0.717, 1.165) is 26.2 Å². The first-order valence-corrected chi connectivity index (χ1v) is 11.0. The summed E-state index contributed by atoms with van der Waals surface area (Å²) in [6.45, 7) is 8.46. The average molecular weight is 447 g/mol. The number of carbonyl (C=O) groups is 2. The molecule has 1 fully saturated rings. The summed E-state index contributed by atoms with van der Waals surface area (Å²) in [5, 5.41) is 2.99. The van der Waals surface area contributed by atoms with Crippen LogP contribution in [0.3, 0.4) is 0 Å². The number of carbonyl (C=O) groups excluding carboxylic acids is 2. The number of esters is 1. The van der Waals surface area contributed by atoms with Crippen LogP contribution in [0.2, 0.25) is 0 Å². The highest BCUT2D eigenvalue weighted by molar-refractivity contribution is 5.95. The molecule has 176 valence electrons. The summed E-state index contributed by atoms with van der Waals surface area (Å²) in [5.41, 5.74) is 1.75. The largest absolute Gasteiger partial charge is 0.493 e. The molecule has 0 aromatic heterocycles. The third kappa shape index (κ3) is 4.83. The number of hydrogen-bond donors (Lipinski definition) is 1. The van der Waals surface area contributed by atoms with Gasteiger partial charge in [0.25, 0.3) is 0 Å². The Morgan fingerprint density at radius 3 is 2.44 bits per heavy atom. The summed E-state index contributed by atoms with van der Waals surface area (Å²) < 4.78 is 16.5. The lowest BCUT2D eigenvalue weighted by atomic mass is 9.93. The minimum atomic E-state index is -0.711. The van der Waals surface area contributed by atoms with Crippen LogP contribution in [0, 0.1) is 0 Å². The van der Waals surface area contributed by atoms with Gasteiger partial charge in [0.05, 0.1) is 32.4 Å². The Hall–Kier alpha value is -2.78. The van der Waals surface area contributed by atoms with Crippen LogP contribution in [0.15, 0.2) is 29.5 Å². The quantitative estimate of drug-likeness (QED) is 0.610. The minimum Gasteiger partial charge on any atom is -0.493 e. The summed E-state index contributed by atoms with van der Waals surface area (Å²) >= 11 is 0. The van der Waals surface area contributed by atoms with Crippen molar-refractivity contribution in [2.75, 3.05) is 67.1 Å². The molecule has 0 bridgehead atoms. The van der Waals surface area contributed by atoms with Crippen molar-refractivity contribution in [3.05, 3.63) is 35.0 Å². The lowest BCUT2D eigenvalue weighted by Crippen LogP contribution is -2.52. The number of nitrogens with zero attached hydrogens (tertiary/aromatic N) is 3. The third-order valence-electron chi connectivity index (χ3n) is 5.96. The monoisotopic (exact) mass is 446 g/mol. The standard InChI is InChI=1S/C23H34N4O5/c1-6-27-17(15-26-13-11-25(3)12-14-26)19(22(28)32-7-2)20(24-23(27)29)16-9-8-10-18(30-4)21(16)31-5/h8-10,20H,6-7,11-15H2,1-5H3,(H,24,29). The summed E-state index contributed by atoms with van der Waals surface area (Å²) in [4.78, 5) is 32.6. The molecule has 3 rings (SSSR count). The van der Waals surface area contributed by atoms with Crippen LogP contribution in [0.4, 0.5) is 4.79 Å². The lowest BCUT2D eigenvalue weighted by Gasteiger charge is -2.40. The zero-order valence-corrected chi connectivity index (χ0v) is 19.6. The summed E-state index contributed by atoms with van der Waals surface area (Å²) in [7, 11) is 5.20. The summed E-state index contributed by atoms with van der Waals surface area (Å²) in [6.07, 6.45) is 0. The number of methoxy groups -OCH3 is 2. The topological polar surface area (TPSA) is 83.6 Å². The van der Waals surface area contributed by atoms with Gasteiger partial charge < -0.3 is 24.4 Å². The maximum absolute atomic E-state index is 13.3. The molecule has 32 heavy (non-hydrogen) atoms. The van der Waals surface area contributed by atoms with Crippen molar-refractivity contribution in [2.45, 2.75) is 19.9 Å². The fraction of sp³-hybridized carbons (Fsp3) is 0.565. The average Bonchev–Trinajstić information content (AvgIpc) is 2.79. The van der Waals surface area contributed by atoms with E-state index in [9.17, 15) is 9.59 Å². The van der Waals surface area contributed by atoms with Crippen LogP contribution in [-0.2, 0) is 9.53 Å². The third-order valence-corrected chi connectivity index (χ3v) is 5.96. The highest BCUT2D eigenvalue weighted by Gasteiger charge is 2.40. The molecule has 1 aromatic carbocycles. The molecule has 2 aliphatic rings. The fourth-order valence-electron chi connectivity index (χ4n) is 4.25. The van der Waals surface area contributed by atoms with E-state index in [1.54, 1.807) is 32.1 Å². The number of hydrogen-bond acceptors (Lipinski definition) is 7. The second kappa shape index (κ2) is 10.7. The van der Waals surface area contributed by atoms with Gasteiger partial charge in [0.1, 0.15) is 0 Å². The number of piperazine rings is 1. The van der Waals surface area contributed by atoms with Crippen molar-refractivity contribution in [1.82, 2.24) is 20.0 Å². The minimum absolute atomic E-state index is 0.242. The van der Waals surface area contributed by atoms with Crippen molar-refractivity contribution in [2.24, 2.45) is 0 Å². The van der Waals surface area contributed by atoms with E-state index in [4.69, 9.17) is 14.2 Å². The van der Waals surface area contributed by atoms with Gasteiger partial charge in [-0.2, -0.15) is 0 Å². The Labute approximate surface area is 189 Å². The lowest BCUT2D eigenvalue weighted by molar-refractivity contribution is -0.139. The van der Waals surface area contributed by atoms with Gasteiger partial charge >= 0.3 is 12.0 Å². The van der Waals surface area contributed by atoms with Crippen LogP contribution in [0.5, 0.6) is 11.5 Å². The zero-order valence-electron chi connectivity index (χ0n) is 19.6. The van der Waals surface area contributed by atoms with Crippen LogP contribution < -0.4 is 14.8 Å².